The van der Waals surface area contributed by atoms with Gasteiger partial charge in [0.25, 0.3) is 0 Å². The topological polar surface area (TPSA) is 29.3 Å². The Labute approximate surface area is 130 Å². The fourth-order valence-corrected chi connectivity index (χ4v) is 3.61. The Balaban J connectivity index is 2.08. The quantitative estimate of drug-likeness (QED) is 0.846. The van der Waals surface area contributed by atoms with E-state index in [0.29, 0.717) is 18.1 Å². The maximum absolute atomic E-state index is 6.07. The Morgan fingerprint density at radius 1 is 1.10 bits per heavy atom. The van der Waals surface area contributed by atoms with Gasteiger partial charge >= 0.3 is 0 Å². The second kappa shape index (κ2) is 7.95. The second-order valence-corrected chi connectivity index (χ2v) is 6.58. The molecule has 2 nitrogen and oxygen atoms in total. The second-order valence-electron chi connectivity index (χ2n) is 6.58. The summed E-state index contributed by atoms with van der Waals surface area (Å²) in [6.45, 7) is 8.06. The van der Waals surface area contributed by atoms with E-state index in [1.54, 1.807) is 0 Å². The minimum atomic E-state index is 0.434. The van der Waals surface area contributed by atoms with Crippen LogP contribution in [-0.4, -0.2) is 23.5 Å². The highest BCUT2D eigenvalue weighted by molar-refractivity contribution is 5.25. The molecule has 0 spiro atoms. The van der Waals surface area contributed by atoms with Crippen molar-refractivity contribution in [3.63, 3.8) is 0 Å². The van der Waals surface area contributed by atoms with Crippen molar-refractivity contribution < 1.29 is 0 Å². The van der Waals surface area contributed by atoms with Crippen molar-refractivity contribution >= 4 is 0 Å². The number of hydrogen-bond acceptors (Lipinski definition) is 2. The van der Waals surface area contributed by atoms with Crippen molar-refractivity contribution in [3.05, 3.63) is 35.4 Å². The van der Waals surface area contributed by atoms with E-state index in [1.165, 1.54) is 49.8 Å². The third-order valence-electron chi connectivity index (χ3n) is 5.06. The molecular formula is C19H32N2. The van der Waals surface area contributed by atoms with E-state index < -0.39 is 0 Å². The Morgan fingerprint density at radius 2 is 1.71 bits per heavy atom. The largest absolute Gasteiger partial charge is 0.328 e. The highest BCUT2D eigenvalue weighted by Crippen LogP contribution is 2.30. The average Bonchev–Trinajstić information content (AvgIpc) is 2.53. The molecule has 2 N–H and O–H groups in total. The van der Waals surface area contributed by atoms with Crippen LogP contribution in [0.1, 0.15) is 70.0 Å². The zero-order chi connectivity index (χ0) is 15.2. The molecule has 0 aliphatic heterocycles. The summed E-state index contributed by atoms with van der Waals surface area (Å²) >= 11 is 0. The van der Waals surface area contributed by atoms with Gasteiger partial charge in [-0.2, -0.15) is 0 Å². The van der Waals surface area contributed by atoms with E-state index in [0.717, 1.165) is 6.42 Å². The van der Waals surface area contributed by atoms with Gasteiger partial charge in [0.1, 0.15) is 0 Å². The van der Waals surface area contributed by atoms with Gasteiger partial charge in [-0.1, -0.05) is 38.1 Å². The van der Waals surface area contributed by atoms with E-state index in [2.05, 4.69) is 49.9 Å². The predicted octanol–water partition coefficient (Wildman–Crippen LogP) is 4.29. The third-order valence-corrected chi connectivity index (χ3v) is 5.06. The minimum absolute atomic E-state index is 0.434. The maximum atomic E-state index is 6.07. The zero-order valence-electron chi connectivity index (χ0n) is 14.0. The molecule has 1 unspecified atom stereocenters. The molecule has 1 saturated carbocycles. The van der Waals surface area contributed by atoms with Crippen molar-refractivity contribution in [1.29, 1.82) is 0 Å². The molecule has 1 aromatic rings. The van der Waals surface area contributed by atoms with E-state index >= 15 is 0 Å². The van der Waals surface area contributed by atoms with Gasteiger partial charge in [-0.15, -0.1) is 0 Å². The van der Waals surface area contributed by atoms with E-state index in [9.17, 15) is 0 Å². The van der Waals surface area contributed by atoms with Crippen molar-refractivity contribution in [2.75, 3.05) is 6.54 Å². The van der Waals surface area contributed by atoms with Crippen LogP contribution in [0.15, 0.2) is 24.3 Å². The standard InChI is InChI=1S/C19H32N2/c1-4-14-21(19-12-10-18(20)11-13-19)15(3)17-8-6-16(5-2)7-9-17/h6-9,15,18-19H,4-5,10-14,20H2,1-3H3. The number of aryl methyl sites for hydroxylation is 1. The fourth-order valence-electron chi connectivity index (χ4n) is 3.61. The summed E-state index contributed by atoms with van der Waals surface area (Å²) in [4.78, 5) is 2.72. The van der Waals surface area contributed by atoms with Gasteiger partial charge in [0, 0.05) is 18.1 Å². The molecule has 0 bridgehead atoms. The van der Waals surface area contributed by atoms with Gasteiger partial charge in [0.2, 0.25) is 0 Å². The van der Waals surface area contributed by atoms with E-state index in [-0.39, 0.29) is 0 Å². The van der Waals surface area contributed by atoms with Gasteiger partial charge in [0.05, 0.1) is 0 Å². The van der Waals surface area contributed by atoms with E-state index in [1.807, 2.05) is 0 Å². The highest BCUT2D eigenvalue weighted by atomic mass is 15.2. The van der Waals surface area contributed by atoms with Gasteiger partial charge in [0.15, 0.2) is 0 Å². The van der Waals surface area contributed by atoms with Gasteiger partial charge in [-0.25, -0.2) is 0 Å². The fraction of sp³-hybridized carbons (Fsp3) is 0.684. The monoisotopic (exact) mass is 288 g/mol. The summed E-state index contributed by atoms with van der Waals surface area (Å²) in [7, 11) is 0. The molecule has 1 aliphatic rings. The molecule has 0 amide bonds. The van der Waals surface area contributed by atoms with Crippen LogP contribution in [0.5, 0.6) is 0 Å². The molecular weight excluding hydrogens is 256 g/mol. The lowest BCUT2D eigenvalue weighted by Crippen LogP contribution is -2.42. The molecule has 118 valence electrons. The Kier molecular flexibility index (Phi) is 6.25. The molecule has 21 heavy (non-hydrogen) atoms. The Bertz CT molecular complexity index is 404. The minimum Gasteiger partial charge on any atom is -0.328 e. The third kappa shape index (κ3) is 4.31. The van der Waals surface area contributed by atoms with Crippen LogP contribution in [0, 0.1) is 0 Å². The van der Waals surface area contributed by atoms with Crippen LogP contribution in [0.4, 0.5) is 0 Å². The van der Waals surface area contributed by atoms with Gasteiger partial charge < -0.3 is 5.73 Å². The van der Waals surface area contributed by atoms with Gasteiger partial charge in [-0.3, -0.25) is 4.90 Å². The van der Waals surface area contributed by atoms with Crippen molar-refractivity contribution in [1.82, 2.24) is 4.90 Å². The zero-order valence-corrected chi connectivity index (χ0v) is 14.0. The molecule has 0 heterocycles. The number of nitrogens with two attached hydrogens (primary N) is 1. The summed E-state index contributed by atoms with van der Waals surface area (Å²) in [6, 6.07) is 10.9. The van der Waals surface area contributed by atoms with Crippen molar-refractivity contribution in [3.8, 4) is 0 Å². The smallest absolute Gasteiger partial charge is 0.0322 e. The molecule has 0 aromatic heterocycles. The highest BCUT2D eigenvalue weighted by Gasteiger charge is 2.27. The molecule has 1 fully saturated rings. The van der Waals surface area contributed by atoms with Crippen LogP contribution >= 0.6 is 0 Å². The molecule has 2 heteroatoms. The van der Waals surface area contributed by atoms with Crippen molar-refractivity contribution in [2.45, 2.75) is 77.4 Å². The van der Waals surface area contributed by atoms with Crippen molar-refractivity contribution in [2.24, 2.45) is 5.73 Å². The number of hydrogen-bond donors (Lipinski definition) is 1. The summed E-state index contributed by atoms with van der Waals surface area (Å²) in [5, 5.41) is 0. The summed E-state index contributed by atoms with van der Waals surface area (Å²) in [5.41, 5.74) is 8.95. The lowest BCUT2D eigenvalue weighted by molar-refractivity contribution is 0.107. The first-order valence-corrected chi connectivity index (χ1v) is 8.75. The molecule has 1 aromatic carbocycles. The number of rotatable bonds is 6. The summed E-state index contributed by atoms with van der Waals surface area (Å²) in [5.74, 6) is 0. The Morgan fingerprint density at radius 3 is 2.24 bits per heavy atom. The van der Waals surface area contributed by atoms with Crippen LogP contribution in [0.2, 0.25) is 0 Å². The summed E-state index contributed by atoms with van der Waals surface area (Å²) in [6.07, 6.45) is 7.24. The Hall–Kier alpha value is -0.860. The lowest BCUT2D eigenvalue weighted by atomic mass is 9.89. The summed E-state index contributed by atoms with van der Waals surface area (Å²) < 4.78 is 0. The number of benzene rings is 1. The predicted molar refractivity (Wildman–Crippen MR) is 91.5 cm³/mol. The van der Waals surface area contributed by atoms with Crippen LogP contribution in [0.3, 0.4) is 0 Å². The molecule has 0 saturated heterocycles. The van der Waals surface area contributed by atoms with Crippen LogP contribution in [0.25, 0.3) is 0 Å². The maximum Gasteiger partial charge on any atom is 0.0322 e. The van der Waals surface area contributed by atoms with E-state index in [4.69, 9.17) is 5.73 Å². The number of nitrogens with zero attached hydrogens (tertiary/aromatic N) is 1. The lowest BCUT2D eigenvalue weighted by Gasteiger charge is -2.40. The molecule has 0 radical (unpaired) electrons. The van der Waals surface area contributed by atoms with Crippen LogP contribution < -0.4 is 5.73 Å². The van der Waals surface area contributed by atoms with Crippen LogP contribution in [-0.2, 0) is 6.42 Å². The average molecular weight is 288 g/mol. The molecule has 1 atom stereocenters. The SMILES string of the molecule is CCCN(C1CCC(N)CC1)C(C)c1ccc(CC)cc1. The normalized spacial score (nSPS) is 24.2. The molecule has 2 rings (SSSR count). The molecule has 1 aliphatic carbocycles. The first-order valence-electron chi connectivity index (χ1n) is 8.75. The first-order chi connectivity index (χ1) is 10.2. The van der Waals surface area contributed by atoms with Gasteiger partial charge in [-0.05, 0) is 63.1 Å². The first kappa shape index (κ1) is 16.5.